The molecule has 0 saturated heterocycles. The molecule has 0 spiro atoms. The molecule has 2 aromatic rings. The van der Waals surface area contributed by atoms with Crippen LogP contribution in [0.2, 0.25) is 0 Å². The Hall–Kier alpha value is -1.69. The first-order chi connectivity index (χ1) is 11.1. The monoisotopic (exact) mass is 372 g/mol. The number of hydrogen-bond acceptors (Lipinski definition) is 3. The molecular weight excluding hydrogens is 356 g/mol. The molecule has 2 heterocycles. The van der Waals surface area contributed by atoms with Gasteiger partial charge in [0.1, 0.15) is 6.61 Å². The van der Waals surface area contributed by atoms with Crippen LogP contribution in [-0.2, 0) is 17.0 Å². The van der Waals surface area contributed by atoms with Crippen LogP contribution in [0.5, 0.6) is 0 Å². The summed E-state index contributed by atoms with van der Waals surface area (Å²) in [5.41, 5.74) is 3.60. The quantitative estimate of drug-likeness (QED) is 0.770. The predicted octanol–water partition coefficient (Wildman–Crippen LogP) is 3.16. The molecule has 2 aliphatic heterocycles. The summed E-state index contributed by atoms with van der Waals surface area (Å²) < 4.78 is 1.01. The van der Waals surface area contributed by atoms with E-state index >= 15 is 0 Å². The number of benzene rings is 2. The molecule has 1 amide bonds. The summed E-state index contributed by atoms with van der Waals surface area (Å²) in [5.74, 6) is -0.0676. The fourth-order valence-corrected chi connectivity index (χ4v) is 4.20. The van der Waals surface area contributed by atoms with Gasteiger partial charge in [-0.2, -0.15) is 0 Å². The Bertz CT molecular complexity index is 805. The van der Waals surface area contributed by atoms with Gasteiger partial charge in [-0.05, 0) is 37.4 Å². The summed E-state index contributed by atoms with van der Waals surface area (Å²) in [6, 6.07) is 14.0. The molecule has 4 nitrogen and oxygen atoms in total. The highest BCUT2D eigenvalue weighted by molar-refractivity contribution is 9.10. The van der Waals surface area contributed by atoms with Crippen molar-refractivity contribution in [2.75, 3.05) is 20.6 Å². The zero-order valence-corrected chi connectivity index (χ0v) is 14.6. The van der Waals surface area contributed by atoms with E-state index in [0.717, 1.165) is 15.6 Å². The van der Waals surface area contributed by atoms with Gasteiger partial charge in [0.25, 0.3) is 5.91 Å². The average Bonchev–Trinajstić information content (AvgIpc) is 2.71. The highest BCUT2D eigenvalue weighted by Crippen LogP contribution is 2.45. The molecule has 23 heavy (non-hydrogen) atoms. The van der Waals surface area contributed by atoms with Crippen molar-refractivity contribution in [3.05, 3.63) is 69.2 Å². The molecule has 0 aliphatic carbocycles. The number of carbonyl (C=O) groups is 1. The lowest BCUT2D eigenvalue weighted by Crippen LogP contribution is -2.55. The van der Waals surface area contributed by atoms with E-state index in [4.69, 9.17) is 4.84 Å². The smallest absolute Gasteiger partial charge is 0.277 e. The van der Waals surface area contributed by atoms with Gasteiger partial charge in [0.2, 0.25) is 0 Å². The Kier molecular flexibility index (Phi) is 3.34. The summed E-state index contributed by atoms with van der Waals surface area (Å²) in [6.07, 6.45) is 0. The van der Waals surface area contributed by atoms with Crippen molar-refractivity contribution in [1.82, 2.24) is 9.96 Å². The van der Waals surface area contributed by atoms with Gasteiger partial charge in [-0.3, -0.25) is 14.5 Å². The third-order valence-corrected chi connectivity index (χ3v) is 5.64. The van der Waals surface area contributed by atoms with Crippen molar-refractivity contribution >= 4 is 21.8 Å². The Labute approximate surface area is 143 Å². The molecule has 2 aliphatic rings. The van der Waals surface area contributed by atoms with Crippen molar-refractivity contribution < 1.29 is 9.63 Å². The van der Waals surface area contributed by atoms with E-state index in [1.807, 2.05) is 30.3 Å². The maximum absolute atomic E-state index is 12.8. The summed E-state index contributed by atoms with van der Waals surface area (Å²) in [7, 11) is 4.11. The SMILES string of the molecule is CN(C)C12CN(OCc3c(Br)cccc31)C(=O)c1ccccc12. The van der Waals surface area contributed by atoms with Gasteiger partial charge in [0.05, 0.1) is 12.1 Å². The van der Waals surface area contributed by atoms with E-state index in [1.165, 1.54) is 10.6 Å². The second-order valence-corrected chi connectivity index (χ2v) is 7.04. The molecular formula is C18H17BrN2O2. The molecule has 118 valence electrons. The summed E-state index contributed by atoms with van der Waals surface area (Å²) in [5, 5.41) is 1.51. The number of nitrogens with zero attached hydrogens (tertiary/aromatic N) is 2. The zero-order valence-electron chi connectivity index (χ0n) is 13.0. The summed E-state index contributed by atoms with van der Waals surface area (Å²) in [6.45, 7) is 0.866. The lowest BCUT2D eigenvalue weighted by Gasteiger charge is -2.46. The number of halogens is 1. The Morgan fingerprint density at radius 2 is 1.87 bits per heavy atom. The van der Waals surface area contributed by atoms with E-state index in [1.54, 1.807) is 0 Å². The van der Waals surface area contributed by atoms with Crippen LogP contribution in [0.4, 0.5) is 0 Å². The number of amides is 1. The lowest BCUT2D eigenvalue weighted by molar-refractivity contribution is -0.146. The second kappa shape index (κ2) is 5.16. The predicted molar refractivity (Wildman–Crippen MR) is 90.9 cm³/mol. The van der Waals surface area contributed by atoms with Crippen LogP contribution in [-0.4, -0.2) is 36.5 Å². The third kappa shape index (κ3) is 1.94. The Balaban J connectivity index is 2.11. The standard InChI is InChI=1S/C18H17BrN2O2/c1-20(2)18-11-21(17(22)12-6-3-4-7-14(12)18)23-10-13-15(18)8-5-9-16(13)19/h3-9H,10-11H2,1-2H3. The number of hydrogen-bond donors (Lipinski definition) is 0. The van der Waals surface area contributed by atoms with Crippen LogP contribution in [0.1, 0.15) is 27.0 Å². The van der Waals surface area contributed by atoms with Crippen molar-refractivity contribution in [1.29, 1.82) is 0 Å². The normalized spacial score (nSPS) is 22.6. The molecule has 4 rings (SSSR count). The van der Waals surface area contributed by atoms with Gasteiger partial charge in [-0.15, -0.1) is 0 Å². The fraction of sp³-hybridized carbons (Fsp3) is 0.278. The number of fused-ring (bicyclic) bond motifs is 6. The zero-order chi connectivity index (χ0) is 16.2. The highest BCUT2D eigenvalue weighted by atomic mass is 79.9. The number of rotatable bonds is 1. The van der Waals surface area contributed by atoms with Crippen LogP contribution >= 0.6 is 15.9 Å². The molecule has 5 heteroatoms. The fourth-order valence-electron chi connectivity index (χ4n) is 3.72. The molecule has 0 radical (unpaired) electrons. The minimum Gasteiger partial charge on any atom is -0.294 e. The molecule has 2 aromatic carbocycles. The summed E-state index contributed by atoms with van der Waals surface area (Å²) >= 11 is 3.64. The molecule has 0 saturated carbocycles. The molecule has 2 bridgehead atoms. The molecule has 0 aromatic heterocycles. The van der Waals surface area contributed by atoms with Crippen LogP contribution in [0, 0.1) is 0 Å². The Morgan fingerprint density at radius 3 is 2.65 bits per heavy atom. The first-order valence-corrected chi connectivity index (χ1v) is 8.34. The molecule has 0 N–H and O–H groups in total. The molecule has 0 fully saturated rings. The maximum Gasteiger partial charge on any atom is 0.277 e. The van der Waals surface area contributed by atoms with Crippen LogP contribution in [0.25, 0.3) is 0 Å². The average molecular weight is 373 g/mol. The van der Waals surface area contributed by atoms with Crippen LogP contribution in [0.15, 0.2) is 46.9 Å². The largest absolute Gasteiger partial charge is 0.294 e. The number of carbonyl (C=O) groups excluding carboxylic acids is 1. The maximum atomic E-state index is 12.8. The number of likely N-dealkylation sites (N-methyl/N-ethyl adjacent to an activating group) is 1. The molecule has 1 atom stereocenters. The number of hydroxylamine groups is 2. The lowest BCUT2D eigenvalue weighted by atomic mass is 9.75. The van der Waals surface area contributed by atoms with E-state index in [0.29, 0.717) is 18.7 Å². The van der Waals surface area contributed by atoms with Crippen molar-refractivity contribution in [2.24, 2.45) is 0 Å². The van der Waals surface area contributed by atoms with Gasteiger partial charge in [0.15, 0.2) is 0 Å². The van der Waals surface area contributed by atoms with E-state index in [2.05, 4.69) is 47.1 Å². The van der Waals surface area contributed by atoms with Gasteiger partial charge >= 0.3 is 0 Å². The van der Waals surface area contributed by atoms with Crippen LogP contribution < -0.4 is 0 Å². The third-order valence-electron chi connectivity index (χ3n) is 4.89. The molecule has 1 unspecified atom stereocenters. The van der Waals surface area contributed by atoms with E-state index < -0.39 is 5.54 Å². The van der Waals surface area contributed by atoms with Gasteiger partial charge in [-0.25, -0.2) is 5.06 Å². The van der Waals surface area contributed by atoms with Gasteiger partial charge in [0, 0.05) is 15.6 Å². The van der Waals surface area contributed by atoms with Crippen molar-refractivity contribution in [3.63, 3.8) is 0 Å². The van der Waals surface area contributed by atoms with E-state index in [9.17, 15) is 4.79 Å². The minimum absolute atomic E-state index is 0.0676. The first-order valence-electron chi connectivity index (χ1n) is 7.55. The van der Waals surface area contributed by atoms with Gasteiger partial charge in [-0.1, -0.05) is 46.3 Å². The topological polar surface area (TPSA) is 32.8 Å². The Morgan fingerprint density at radius 1 is 1.13 bits per heavy atom. The second-order valence-electron chi connectivity index (χ2n) is 6.18. The van der Waals surface area contributed by atoms with Gasteiger partial charge < -0.3 is 0 Å². The van der Waals surface area contributed by atoms with E-state index in [-0.39, 0.29) is 5.91 Å². The van der Waals surface area contributed by atoms with Crippen molar-refractivity contribution in [3.8, 4) is 0 Å². The first kappa shape index (κ1) is 14.9. The highest BCUT2D eigenvalue weighted by Gasteiger charge is 2.49. The van der Waals surface area contributed by atoms with Crippen molar-refractivity contribution in [2.45, 2.75) is 12.1 Å². The minimum atomic E-state index is -0.417. The van der Waals surface area contributed by atoms with Crippen LogP contribution in [0.3, 0.4) is 0 Å². The summed E-state index contributed by atoms with van der Waals surface area (Å²) in [4.78, 5) is 20.8.